The van der Waals surface area contributed by atoms with Crippen LogP contribution < -0.4 is 0 Å². The summed E-state index contributed by atoms with van der Waals surface area (Å²) in [6.45, 7) is 6.37. The van der Waals surface area contributed by atoms with E-state index in [2.05, 4.69) is 50.1 Å². The normalized spacial score (nSPS) is 14.2. The standard InChI is InChI=1S/C18H18N4S/c1-18(2,3)16-21-22-14(10-19)15(20-17(22)23-16)13-8-7-11-5-4-6-12(11)9-13/h7-9H,4-6H2,1-3H3. The molecule has 0 atom stereocenters. The summed E-state index contributed by atoms with van der Waals surface area (Å²) in [5.74, 6) is 0. The lowest BCUT2D eigenvalue weighted by Gasteiger charge is -2.12. The highest BCUT2D eigenvalue weighted by molar-refractivity contribution is 7.16. The lowest BCUT2D eigenvalue weighted by Crippen LogP contribution is -2.11. The van der Waals surface area contributed by atoms with Crippen molar-refractivity contribution in [1.29, 1.82) is 5.26 Å². The maximum Gasteiger partial charge on any atom is 0.214 e. The molecule has 23 heavy (non-hydrogen) atoms. The molecule has 5 heteroatoms. The van der Waals surface area contributed by atoms with Gasteiger partial charge in [-0.05, 0) is 36.5 Å². The summed E-state index contributed by atoms with van der Waals surface area (Å²) in [6.07, 6.45) is 3.51. The van der Waals surface area contributed by atoms with Gasteiger partial charge < -0.3 is 0 Å². The van der Waals surface area contributed by atoms with E-state index in [0.717, 1.165) is 34.1 Å². The van der Waals surface area contributed by atoms with Crippen molar-refractivity contribution in [3.05, 3.63) is 40.0 Å². The largest absolute Gasteiger partial charge is 0.216 e. The highest BCUT2D eigenvalue weighted by Crippen LogP contribution is 2.33. The van der Waals surface area contributed by atoms with E-state index in [0.29, 0.717) is 5.69 Å². The number of hydrogen-bond donors (Lipinski definition) is 0. The smallest absolute Gasteiger partial charge is 0.214 e. The number of nitriles is 1. The Hall–Kier alpha value is -2.19. The Morgan fingerprint density at radius 2 is 2.00 bits per heavy atom. The fraction of sp³-hybridized carbons (Fsp3) is 0.389. The second-order valence-electron chi connectivity index (χ2n) is 7.11. The number of aromatic nitrogens is 3. The molecule has 1 aromatic carbocycles. The van der Waals surface area contributed by atoms with Crippen LogP contribution in [0.3, 0.4) is 0 Å². The summed E-state index contributed by atoms with van der Waals surface area (Å²) in [5.41, 5.74) is 5.10. The molecule has 4 rings (SSSR count). The molecule has 2 aromatic heterocycles. The number of hydrogen-bond acceptors (Lipinski definition) is 4. The first-order valence-corrected chi connectivity index (χ1v) is 8.71. The van der Waals surface area contributed by atoms with Gasteiger partial charge in [0, 0.05) is 11.0 Å². The monoisotopic (exact) mass is 322 g/mol. The van der Waals surface area contributed by atoms with Crippen LogP contribution in [0.2, 0.25) is 0 Å². The van der Waals surface area contributed by atoms with E-state index in [1.807, 2.05) is 0 Å². The average Bonchev–Trinajstić information content (AvgIpc) is 3.18. The third-order valence-corrected chi connectivity index (χ3v) is 5.66. The summed E-state index contributed by atoms with van der Waals surface area (Å²) in [6, 6.07) is 8.76. The van der Waals surface area contributed by atoms with Crippen LogP contribution in [0.5, 0.6) is 0 Å². The van der Waals surface area contributed by atoms with Crippen LogP contribution in [0.25, 0.3) is 16.2 Å². The molecule has 116 valence electrons. The fourth-order valence-electron chi connectivity index (χ4n) is 3.07. The summed E-state index contributed by atoms with van der Waals surface area (Å²) >= 11 is 1.56. The van der Waals surface area contributed by atoms with Crippen molar-refractivity contribution in [3.8, 4) is 17.3 Å². The van der Waals surface area contributed by atoms with Crippen LogP contribution in [0.15, 0.2) is 18.2 Å². The van der Waals surface area contributed by atoms with Crippen molar-refractivity contribution in [2.24, 2.45) is 0 Å². The van der Waals surface area contributed by atoms with Crippen LogP contribution in [0.1, 0.15) is 49.0 Å². The Labute approximate surface area is 139 Å². The van der Waals surface area contributed by atoms with Crippen LogP contribution in [0, 0.1) is 11.3 Å². The first-order valence-electron chi connectivity index (χ1n) is 7.90. The molecule has 1 aliphatic rings. The molecule has 0 bridgehead atoms. The van der Waals surface area contributed by atoms with Crippen LogP contribution >= 0.6 is 11.3 Å². The SMILES string of the molecule is CC(C)(C)c1nn2c(C#N)c(-c3ccc4c(c3)CCC4)nc2s1. The zero-order valence-corrected chi connectivity index (χ0v) is 14.4. The first-order chi connectivity index (χ1) is 11.0. The van der Waals surface area contributed by atoms with E-state index in [1.54, 1.807) is 15.9 Å². The minimum Gasteiger partial charge on any atom is -0.216 e. The van der Waals surface area contributed by atoms with E-state index in [1.165, 1.54) is 17.5 Å². The maximum absolute atomic E-state index is 9.63. The van der Waals surface area contributed by atoms with Crippen molar-refractivity contribution in [1.82, 2.24) is 14.6 Å². The molecule has 0 radical (unpaired) electrons. The van der Waals surface area contributed by atoms with E-state index in [-0.39, 0.29) is 5.41 Å². The van der Waals surface area contributed by atoms with E-state index < -0.39 is 0 Å². The van der Waals surface area contributed by atoms with E-state index in [9.17, 15) is 5.26 Å². The summed E-state index contributed by atoms with van der Waals surface area (Å²) < 4.78 is 1.70. The molecule has 1 aliphatic carbocycles. The number of aryl methyl sites for hydroxylation is 2. The molecule has 0 fully saturated rings. The molecule has 0 spiro atoms. The minimum absolute atomic E-state index is 0.0359. The lowest BCUT2D eigenvalue weighted by atomic mass is 9.98. The lowest BCUT2D eigenvalue weighted by molar-refractivity contribution is 0.573. The Morgan fingerprint density at radius 1 is 1.22 bits per heavy atom. The van der Waals surface area contributed by atoms with Crippen molar-refractivity contribution in [2.45, 2.75) is 45.4 Å². The first kappa shape index (κ1) is 14.4. The van der Waals surface area contributed by atoms with Gasteiger partial charge in [-0.25, -0.2) is 4.98 Å². The zero-order chi connectivity index (χ0) is 16.2. The molecule has 4 nitrogen and oxygen atoms in total. The Balaban J connectivity index is 1.88. The minimum atomic E-state index is -0.0359. The van der Waals surface area contributed by atoms with Gasteiger partial charge in [0.15, 0.2) is 5.69 Å². The van der Waals surface area contributed by atoms with Crippen molar-refractivity contribution in [2.75, 3.05) is 0 Å². The van der Waals surface area contributed by atoms with Gasteiger partial charge in [-0.3, -0.25) is 0 Å². The van der Waals surface area contributed by atoms with Gasteiger partial charge in [-0.1, -0.05) is 44.2 Å². The van der Waals surface area contributed by atoms with E-state index in [4.69, 9.17) is 4.98 Å². The predicted octanol–water partition coefficient (Wildman–Crippen LogP) is 4.12. The highest BCUT2D eigenvalue weighted by atomic mass is 32.1. The molecule has 0 saturated heterocycles. The fourth-order valence-corrected chi connectivity index (χ4v) is 4.03. The number of nitrogens with zero attached hydrogens (tertiary/aromatic N) is 4. The summed E-state index contributed by atoms with van der Waals surface area (Å²) in [4.78, 5) is 5.50. The molecule has 0 amide bonds. The second kappa shape index (κ2) is 4.90. The van der Waals surface area contributed by atoms with Crippen molar-refractivity contribution >= 4 is 16.3 Å². The summed E-state index contributed by atoms with van der Waals surface area (Å²) in [5, 5.41) is 15.2. The molecule has 3 aromatic rings. The van der Waals surface area contributed by atoms with Gasteiger partial charge in [-0.2, -0.15) is 14.9 Å². The van der Waals surface area contributed by atoms with Crippen molar-refractivity contribution in [3.63, 3.8) is 0 Å². The quantitative estimate of drug-likeness (QED) is 0.677. The van der Waals surface area contributed by atoms with Gasteiger partial charge in [-0.15, -0.1) is 0 Å². The second-order valence-corrected chi connectivity index (χ2v) is 8.07. The van der Waals surface area contributed by atoms with Crippen LogP contribution in [-0.2, 0) is 18.3 Å². The Kier molecular flexibility index (Phi) is 3.07. The molecule has 0 unspecified atom stereocenters. The van der Waals surface area contributed by atoms with Crippen LogP contribution in [0.4, 0.5) is 0 Å². The van der Waals surface area contributed by atoms with Gasteiger partial charge in [0.05, 0.1) is 0 Å². The Bertz CT molecular complexity index is 950. The molecule has 0 aliphatic heterocycles. The van der Waals surface area contributed by atoms with Gasteiger partial charge >= 0.3 is 0 Å². The molecule has 2 heterocycles. The molecule has 0 saturated carbocycles. The average molecular weight is 322 g/mol. The summed E-state index contributed by atoms with van der Waals surface area (Å²) in [7, 11) is 0. The van der Waals surface area contributed by atoms with Crippen molar-refractivity contribution < 1.29 is 0 Å². The Morgan fingerprint density at radius 3 is 2.74 bits per heavy atom. The molecule has 0 N–H and O–H groups in total. The zero-order valence-electron chi connectivity index (χ0n) is 13.6. The number of imidazole rings is 1. The molecular formula is C18H18N4S. The third kappa shape index (κ3) is 2.25. The predicted molar refractivity (Wildman–Crippen MR) is 91.7 cm³/mol. The topological polar surface area (TPSA) is 54.0 Å². The van der Waals surface area contributed by atoms with E-state index >= 15 is 0 Å². The van der Waals surface area contributed by atoms with Gasteiger partial charge in [0.25, 0.3) is 0 Å². The number of fused-ring (bicyclic) bond motifs is 2. The highest BCUT2D eigenvalue weighted by Gasteiger charge is 2.24. The van der Waals surface area contributed by atoms with Gasteiger partial charge in [0.2, 0.25) is 4.96 Å². The number of benzene rings is 1. The molecular weight excluding hydrogens is 304 g/mol. The number of rotatable bonds is 1. The maximum atomic E-state index is 9.63. The third-order valence-electron chi connectivity index (χ3n) is 4.32. The van der Waals surface area contributed by atoms with Crippen LogP contribution in [-0.4, -0.2) is 14.6 Å². The van der Waals surface area contributed by atoms with Gasteiger partial charge in [0.1, 0.15) is 16.8 Å².